The van der Waals surface area contributed by atoms with Gasteiger partial charge in [0.05, 0.1) is 17.4 Å². The Morgan fingerprint density at radius 1 is 1.07 bits per heavy atom. The predicted octanol–water partition coefficient (Wildman–Crippen LogP) is 2.84. The molecule has 1 aliphatic heterocycles. The van der Waals surface area contributed by atoms with Crippen molar-refractivity contribution in [3.8, 4) is 5.69 Å². The fourth-order valence-electron chi connectivity index (χ4n) is 3.38. The molecule has 1 amide bonds. The monoisotopic (exact) mass is 361 g/mol. The Balaban J connectivity index is 1.36. The standard InChI is InChI=1S/C21H23N5O/c27-21(19-9-6-11-22-20(19)25-13-4-5-14-25)23-12-10-17-15-24-26(16-17)18-7-2-1-3-8-18/h1-3,6-9,11,15-16H,4-5,10,12-14H2,(H,23,27). The summed E-state index contributed by atoms with van der Waals surface area (Å²) in [6.45, 7) is 2.50. The molecule has 0 bridgehead atoms. The van der Waals surface area contributed by atoms with Crippen LogP contribution < -0.4 is 10.2 Å². The molecule has 0 aliphatic carbocycles. The molecule has 0 spiro atoms. The molecule has 3 aromatic rings. The summed E-state index contributed by atoms with van der Waals surface area (Å²) in [6, 6.07) is 13.7. The van der Waals surface area contributed by atoms with Gasteiger partial charge in [-0.05, 0) is 49.1 Å². The van der Waals surface area contributed by atoms with Crippen molar-refractivity contribution in [2.45, 2.75) is 19.3 Å². The lowest BCUT2D eigenvalue weighted by atomic mass is 10.2. The van der Waals surface area contributed by atoms with E-state index in [2.05, 4.69) is 20.3 Å². The van der Waals surface area contributed by atoms with E-state index in [4.69, 9.17) is 0 Å². The van der Waals surface area contributed by atoms with Crippen molar-refractivity contribution in [3.63, 3.8) is 0 Å². The van der Waals surface area contributed by atoms with Gasteiger partial charge in [0.1, 0.15) is 5.82 Å². The zero-order chi connectivity index (χ0) is 18.5. The average Bonchev–Trinajstić information content (AvgIpc) is 3.41. The van der Waals surface area contributed by atoms with Crippen molar-refractivity contribution in [1.82, 2.24) is 20.1 Å². The highest BCUT2D eigenvalue weighted by atomic mass is 16.1. The van der Waals surface area contributed by atoms with Gasteiger partial charge in [-0.15, -0.1) is 0 Å². The van der Waals surface area contributed by atoms with E-state index in [1.54, 1.807) is 6.20 Å². The van der Waals surface area contributed by atoms with Crippen LogP contribution in [0.4, 0.5) is 5.82 Å². The maximum atomic E-state index is 12.6. The number of hydrogen-bond donors (Lipinski definition) is 1. The number of para-hydroxylation sites is 1. The highest BCUT2D eigenvalue weighted by Crippen LogP contribution is 2.21. The number of benzene rings is 1. The summed E-state index contributed by atoms with van der Waals surface area (Å²) in [5.41, 5.74) is 2.77. The van der Waals surface area contributed by atoms with Gasteiger partial charge in [0.25, 0.3) is 5.91 Å². The largest absolute Gasteiger partial charge is 0.356 e. The molecule has 0 saturated carbocycles. The predicted molar refractivity (Wildman–Crippen MR) is 105 cm³/mol. The second-order valence-corrected chi connectivity index (χ2v) is 6.70. The maximum absolute atomic E-state index is 12.6. The normalized spacial score (nSPS) is 13.7. The summed E-state index contributed by atoms with van der Waals surface area (Å²) in [4.78, 5) is 19.3. The van der Waals surface area contributed by atoms with Crippen LogP contribution in [0.3, 0.4) is 0 Å². The van der Waals surface area contributed by atoms with E-state index in [9.17, 15) is 4.79 Å². The fourth-order valence-corrected chi connectivity index (χ4v) is 3.38. The van der Waals surface area contributed by atoms with Crippen LogP contribution in [0, 0.1) is 0 Å². The Kier molecular flexibility index (Phi) is 5.14. The van der Waals surface area contributed by atoms with Crippen LogP contribution >= 0.6 is 0 Å². The molecule has 4 rings (SSSR count). The van der Waals surface area contributed by atoms with E-state index in [1.165, 1.54) is 0 Å². The molecule has 27 heavy (non-hydrogen) atoms. The summed E-state index contributed by atoms with van der Waals surface area (Å²) in [5.74, 6) is 0.727. The summed E-state index contributed by atoms with van der Waals surface area (Å²) in [7, 11) is 0. The molecule has 138 valence electrons. The molecule has 0 radical (unpaired) electrons. The molecule has 1 saturated heterocycles. The van der Waals surface area contributed by atoms with Crippen LogP contribution in [0.5, 0.6) is 0 Å². The third-order valence-electron chi connectivity index (χ3n) is 4.79. The van der Waals surface area contributed by atoms with Crippen molar-refractivity contribution in [2.24, 2.45) is 0 Å². The number of carbonyl (C=O) groups is 1. The van der Waals surface area contributed by atoms with Gasteiger partial charge < -0.3 is 10.2 Å². The van der Waals surface area contributed by atoms with Gasteiger partial charge >= 0.3 is 0 Å². The maximum Gasteiger partial charge on any atom is 0.255 e. The van der Waals surface area contributed by atoms with Crippen LogP contribution in [0.2, 0.25) is 0 Å². The number of amides is 1. The zero-order valence-corrected chi connectivity index (χ0v) is 15.2. The Bertz CT molecular complexity index is 900. The molecule has 3 heterocycles. The number of anilines is 1. The third kappa shape index (κ3) is 4.00. The SMILES string of the molecule is O=C(NCCc1cnn(-c2ccccc2)c1)c1cccnc1N1CCCC1. The molecular formula is C21H23N5O. The minimum atomic E-state index is -0.0690. The number of hydrogen-bond acceptors (Lipinski definition) is 4. The van der Waals surface area contributed by atoms with Crippen molar-refractivity contribution in [2.75, 3.05) is 24.5 Å². The third-order valence-corrected chi connectivity index (χ3v) is 4.79. The van der Waals surface area contributed by atoms with Crippen molar-refractivity contribution in [1.29, 1.82) is 0 Å². The molecule has 0 atom stereocenters. The summed E-state index contributed by atoms with van der Waals surface area (Å²) in [6.07, 6.45) is 8.65. The molecule has 1 aromatic carbocycles. The van der Waals surface area contributed by atoms with Crippen LogP contribution in [0.15, 0.2) is 61.1 Å². The van der Waals surface area contributed by atoms with E-state index in [0.717, 1.165) is 49.4 Å². The lowest BCUT2D eigenvalue weighted by molar-refractivity contribution is 0.0954. The lowest BCUT2D eigenvalue weighted by Gasteiger charge is -2.19. The quantitative estimate of drug-likeness (QED) is 0.733. The molecular weight excluding hydrogens is 338 g/mol. The van der Waals surface area contributed by atoms with E-state index in [-0.39, 0.29) is 5.91 Å². The minimum Gasteiger partial charge on any atom is -0.356 e. The molecule has 2 aromatic heterocycles. The zero-order valence-electron chi connectivity index (χ0n) is 15.2. The molecule has 1 fully saturated rings. The second-order valence-electron chi connectivity index (χ2n) is 6.70. The molecule has 1 aliphatic rings. The molecule has 0 unspecified atom stereocenters. The van der Waals surface area contributed by atoms with E-state index >= 15 is 0 Å². The molecule has 6 heteroatoms. The van der Waals surface area contributed by atoms with Gasteiger partial charge in [0.2, 0.25) is 0 Å². The lowest BCUT2D eigenvalue weighted by Crippen LogP contribution is -2.29. The number of nitrogens with zero attached hydrogens (tertiary/aromatic N) is 4. The molecule has 6 nitrogen and oxygen atoms in total. The average molecular weight is 361 g/mol. The van der Waals surface area contributed by atoms with Gasteiger partial charge in [-0.25, -0.2) is 9.67 Å². The van der Waals surface area contributed by atoms with Crippen molar-refractivity contribution >= 4 is 11.7 Å². The number of carbonyl (C=O) groups excluding carboxylic acids is 1. The van der Waals surface area contributed by atoms with Crippen LogP contribution in [-0.4, -0.2) is 40.3 Å². The number of aromatic nitrogens is 3. The number of rotatable bonds is 6. The highest BCUT2D eigenvalue weighted by Gasteiger charge is 2.20. The van der Waals surface area contributed by atoms with Gasteiger partial charge in [-0.3, -0.25) is 4.79 Å². The van der Waals surface area contributed by atoms with E-state index in [0.29, 0.717) is 12.1 Å². The van der Waals surface area contributed by atoms with Crippen molar-refractivity contribution in [3.05, 3.63) is 72.2 Å². The Hall–Kier alpha value is -3.15. The first-order valence-corrected chi connectivity index (χ1v) is 9.38. The van der Waals surface area contributed by atoms with Crippen LogP contribution in [0.25, 0.3) is 5.69 Å². The number of nitrogens with one attached hydrogen (secondary N) is 1. The summed E-state index contributed by atoms with van der Waals surface area (Å²) in [5, 5.41) is 7.41. The topological polar surface area (TPSA) is 63.1 Å². The van der Waals surface area contributed by atoms with Crippen LogP contribution in [0.1, 0.15) is 28.8 Å². The highest BCUT2D eigenvalue weighted by molar-refractivity contribution is 5.98. The number of pyridine rings is 1. The van der Waals surface area contributed by atoms with Gasteiger partial charge in [-0.2, -0.15) is 5.10 Å². The summed E-state index contributed by atoms with van der Waals surface area (Å²) >= 11 is 0. The van der Waals surface area contributed by atoms with Gasteiger partial charge in [0, 0.05) is 32.0 Å². The first kappa shape index (κ1) is 17.3. The van der Waals surface area contributed by atoms with Crippen molar-refractivity contribution < 1.29 is 4.79 Å². The first-order chi connectivity index (χ1) is 13.3. The van der Waals surface area contributed by atoms with E-state index < -0.39 is 0 Å². The smallest absolute Gasteiger partial charge is 0.255 e. The van der Waals surface area contributed by atoms with Crippen LogP contribution in [-0.2, 0) is 6.42 Å². The Morgan fingerprint density at radius 2 is 1.89 bits per heavy atom. The molecule has 1 N–H and O–H groups in total. The van der Waals surface area contributed by atoms with E-state index in [1.807, 2.05) is 59.5 Å². The summed E-state index contributed by atoms with van der Waals surface area (Å²) < 4.78 is 1.85. The second kappa shape index (κ2) is 8.03. The van der Waals surface area contributed by atoms with Gasteiger partial charge in [-0.1, -0.05) is 18.2 Å². The van der Waals surface area contributed by atoms with Gasteiger partial charge in [0.15, 0.2) is 0 Å². The minimum absolute atomic E-state index is 0.0690. The first-order valence-electron chi connectivity index (χ1n) is 9.38. The Labute approximate surface area is 158 Å². The Morgan fingerprint density at radius 3 is 2.70 bits per heavy atom. The fraction of sp³-hybridized carbons (Fsp3) is 0.286.